The second-order valence-electron chi connectivity index (χ2n) is 18.2. The molecular weight excluding hydrogens is 869 g/mol. The first-order valence-electron chi connectivity index (χ1n) is 23.8. The number of hydrogen-bond acceptors (Lipinski definition) is 4. The maximum atomic E-state index is 5.51. The first-order chi connectivity index (χ1) is 34.7. The van der Waals surface area contributed by atoms with Crippen molar-refractivity contribution in [2.75, 3.05) is 0 Å². The fraction of sp³-hybridized carbons (Fsp3) is 0. The topological polar surface area (TPSA) is 43.6 Å². The van der Waals surface area contributed by atoms with Gasteiger partial charge in [0.1, 0.15) is 0 Å². The third-order valence-corrected chi connectivity index (χ3v) is 15.6. The second kappa shape index (κ2) is 15.2. The fourth-order valence-corrected chi connectivity index (χ4v) is 12.5. The third kappa shape index (κ3) is 5.86. The summed E-state index contributed by atoms with van der Waals surface area (Å²) in [6.45, 7) is 0. The van der Waals surface area contributed by atoms with Gasteiger partial charge in [-0.25, -0.2) is 15.0 Å². The van der Waals surface area contributed by atoms with Gasteiger partial charge in [0.05, 0.1) is 16.7 Å². The first kappa shape index (κ1) is 39.0. The number of benzene rings is 12. The minimum Gasteiger partial charge on any atom is -0.309 e. The minimum absolute atomic E-state index is 0.611. The summed E-state index contributed by atoms with van der Waals surface area (Å²) >= 11 is 1.87. The molecule has 15 rings (SSSR count). The van der Waals surface area contributed by atoms with Crippen molar-refractivity contribution < 1.29 is 0 Å². The summed E-state index contributed by atoms with van der Waals surface area (Å²) in [4.78, 5) is 16.2. The molecule has 0 aliphatic carbocycles. The summed E-state index contributed by atoms with van der Waals surface area (Å²) in [6.07, 6.45) is 0. The Labute approximate surface area is 406 Å². The molecule has 0 aliphatic rings. The molecule has 70 heavy (non-hydrogen) atoms. The highest BCUT2D eigenvalue weighted by Gasteiger charge is 2.23. The monoisotopic (exact) mass is 906 g/mol. The van der Waals surface area contributed by atoms with E-state index in [0.717, 1.165) is 49.9 Å². The molecule has 0 radical (unpaired) electrons. The summed E-state index contributed by atoms with van der Waals surface area (Å²) in [6, 6.07) is 83.4. The Morgan fingerprint density at radius 3 is 1.67 bits per heavy atom. The van der Waals surface area contributed by atoms with Gasteiger partial charge in [-0.1, -0.05) is 188 Å². The van der Waals surface area contributed by atoms with Crippen LogP contribution in [0.2, 0.25) is 0 Å². The predicted octanol–water partition coefficient (Wildman–Crippen LogP) is 17.8. The summed E-state index contributed by atoms with van der Waals surface area (Å²) in [7, 11) is 0. The van der Waals surface area contributed by atoms with Crippen LogP contribution in [0.1, 0.15) is 0 Å². The zero-order chi connectivity index (χ0) is 45.9. The van der Waals surface area contributed by atoms with Crippen LogP contribution in [0.5, 0.6) is 0 Å². The smallest absolute Gasteiger partial charge is 0.164 e. The Hall–Kier alpha value is -9.03. The van der Waals surface area contributed by atoms with Crippen LogP contribution >= 0.6 is 11.3 Å². The van der Waals surface area contributed by atoms with Gasteiger partial charge in [0, 0.05) is 58.6 Å². The van der Waals surface area contributed by atoms with E-state index in [9.17, 15) is 0 Å². The van der Waals surface area contributed by atoms with Gasteiger partial charge < -0.3 is 4.57 Å². The molecule has 5 heteroatoms. The number of para-hydroxylation sites is 1. The van der Waals surface area contributed by atoms with Crippen LogP contribution < -0.4 is 0 Å². The molecule has 0 bridgehead atoms. The van der Waals surface area contributed by atoms with Crippen LogP contribution in [0, 0.1) is 0 Å². The standard InChI is InChI=1S/C65H38N4S/c1-2-17-40(18-3-1)63-66-64(68-65(67-63)53-29-14-27-50-47-23-9-8-22-45(47)46-24-10-11-26-49(46)60(50)53)43-33-35-57(69-56-30-13-12-25-48(56)54-36-41-19-4-5-20-42(41)38-58(54)69)55(37-43)51-28-15-31-59-61(51)52-34-32-39-16-6-7-21-44(39)62(52)70-59/h1-38H. The number of fused-ring (bicyclic) bond motifs is 15. The lowest BCUT2D eigenvalue weighted by Gasteiger charge is -2.18. The van der Waals surface area contributed by atoms with Crippen molar-refractivity contribution >= 4 is 107 Å². The molecule has 324 valence electrons. The van der Waals surface area contributed by atoms with Crippen molar-refractivity contribution in [3.05, 3.63) is 231 Å². The Bertz CT molecular complexity index is 4620. The maximum Gasteiger partial charge on any atom is 0.164 e. The van der Waals surface area contributed by atoms with E-state index in [1.807, 2.05) is 29.5 Å². The van der Waals surface area contributed by atoms with Gasteiger partial charge in [0.25, 0.3) is 0 Å². The largest absolute Gasteiger partial charge is 0.309 e. The zero-order valence-electron chi connectivity index (χ0n) is 37.6. The lowest BCUT2D eigenvalue weighted by molar-refractivity contribution is 1.08. The molecule has 0 fully saturated rings. The summed E-state index contributed by atoms with van der Waals surface area (Å²) in [5.74, 6) is 1.87. The Balaban J connectivity index is 1.04. The van der Waals surface area contributed by atoms with Gasteiger partial charge in [0.2, 0.25) is 0 Å². The molecule has 3 aromatic heterocycles. The highest BCUT2D eigenvalue weighted by Crippen LogP contribution is 2.47. The van der Waals surface area contributed by atoms with Crippen molar-refractivity contribution in [1.82, 2.24) is 19.5 Å². The number of aromatic nitrogens is 4. The molecule has 0 spiro atoms. The lowest BCUT2D eigenvalue weighted by atomic mass is 9.91. The average Bonchev–Trinajstić information content (AvgIpc) is 3.98. The van der Waals surface area contributed by atoms with Gasteiger partial charge in [-0.05, 0) is 96.5 Å². The van der Waals surface area contributed by atoms with Crippen LogP contribution in [-0.2, 0) is 0 Å². The molecule has 15 aromatic rings. The molecule has 4 nitrogen and oxygen atoms in total. The van der Waals surface area contributed by atoms with Crippen LogP contribution in [0.3, 0.4) is 0 Å². The highest BCUT2D eigenvalue weighted by molar-refractivity contribution is 7.26. The molecule has 0 N–H and O–H groups in total. The molecule has 0 atom stereocenters. The molecule has 3 heterocycles. The summed E-state index contributed by atoms with van der Waals surface area (Å²) < 4.78 is 5.02. The number of rotatable bonds is 5. The molecular formula is C65H38N4S. The van der Waals surface area contributed by atoms with Crippen molar-refractivity contribution in [3.63, 3.8) is 0 Å². The van der Waals surface area contributed by atoms with Crippen molar-refractivity contribution in [2.24, 2.45) is 0 Å². The molecule has 0 saturated heterocycles. The average molecular weight is 907 g/mol. The van der Waals surface area contributed by atoms with E-state index >= 15 is 0 Å². The SMILES string of the molecule is c1ccc(-c2nc(-c3ccc(-n4c5ccccc5c5cc6ccccc6cc54)c(-c4cccc5sc6c7ccccc7ccc6c45)c3)nc(-c3cccc4c5ccccc5c5ccccc5c34)n2)cc1. The second-order valence-corrected chi connectivity index (χ2v) is 19.3. The Morgan fingerprint density at radius 1 is 0.300 bits per heavy atom. The molecule has 0 unspecified atom stereocenters. The summed E-state index contributed by atoms with van der Waals surface area (Å²) in [5, 5.41) is 17.0. The highest BCUT2D eigenvalue weighted by atomic mass is 32.1. The van der Waals surface area contributed by atoms with Crippen LogP contribution in [0.25, 0.3) is 147 Å². The number of thiophene rings is 1. The molecule has 0 saturated carbocycles. The van der Waals surface area contributed by atoms with Crippen LogP contribution in [0.4, 0.5) is 0 Å². The summed E-state index contributed by atoms with van der Waals surface area (Å²) in [5.41, 5.74) is 8.46. The van der Waals surface area contributed by atoms with E-state index in [4.69, 9.17) is 15.0 Å². The van der Waals surface area contributed by atoms with E-state index in [-0.39, 0.29) is 0 Å². The molecule has 0 aliphatic heterocycles. The first-order valence-corrected chi connectivity index (χ1v) is 24.6. The normalized spacial score (nSPS) is 12.0. The quantitative estimate of drug-likeness (QED) is 0.162. The molecule has 12 aromatic carbocycles. The predicted molar refractivity (Wildman–Crippen MR) is 296 cm³/mol. The Morgan fingerprint density at radius 2 is 0.886 bits per heavy atom. The number of nitrogens with zero attached hydrogens (tertiary/aromatic N) is 4. The minimum atomic E-state index is 0.611. The van der Waals surface area contributed by atoms with Gasteiger partial charge >= 0.3 is 0 Å². The van der Waals surface area contributed by atoms with Crippen molar-refractivity contribution in [3.8, 4) is 51.0 Å². The van der Waals surface area contributed by atoms with E-state index in [2.05, 4.69) is 217 Å². The van der Waals surface area contributed by atoms with Gasteiger partial charge in [-0.15, -0.1) is 11.3 Å². The third-order valence-electron chi connectivity index (χ3n) is 14.4. The van der Waals surface area contributed by atoms with Gasteiger partial charge in [-0.2, -0.15) is 0 Å². The van der Waals surface area contributed by atoms with Gasteiger partial charge in [0.15, 0.2) is 17.5 Å². The zero-order valence-corrected chi connectivity index (χ0v) is 38.5. The lowest BCUT2D eigenvalue weighted by Crippen LogP contribution is -2.02. The van der Waals surface area contributed by atoms with E-state index in [1.54, 1.807) is 0 Å². The van der Waals surface area contributed by atoms with Crippen molar-refractivity contribution in [1.29, 1.82) is 0 Å². The van der Waals surface area contributed by atoms with E-state index in [0.29, 0.717) is 17.5 Å². The van der Waals surface area contributed by atoms with Crippen LogP contribution in [0.15, 0.2) is 231 Å². The number of hydrogen-bond donors (Lipinski definition) is 0. The van der Waals surface area contributed by atoms with Gasteiger partial charge in [-0.3, -0.25) is 0 Å². The maximum absolute atomic E-state index is 5.51. The van der Waals surface area contributed by atoms with E-state index in [1.165, 1.54) is 79.4 Å². The van der Waals surface area contributed by atoms with E-state index < -0.39 is 0 Å². The van der Waals surface area contributed by atoms with Crippen LogP contribution in [-0.4, -0.2) is 19.5 Å². The fourth-order valence-electron chi connectivity index (χ4n) is 11.3. The molecule has 0 amide bonds. The Kier molecular flexibility index (Phi) is 8.49. The van der Waals surface area contributed by atoms with Crippen molar-refractivity contribution in [2.45, 2.75) is 0 Å².